The zero-order valence-corrected chi connectivity index (χ0v) is 15.3. The van der Waals surface area contributed by atoms with Gasteiger partial charge >= 0.3 is 6.09 Å². The topological polar surface area (TPSA) is 67.8 Å². The smallest absolute Gasteiger partial charge is 0.407 e. The predicted molar refractivity (Wildman–Crippen MR) is 94.5 cm³/mol. The van der Waals surface area contributed by atoms with Gasteiger partial charge in [0.15, 0.2) is 0 Å². The third kappa shape index (κ3) is 6.13. The van der Waals surface area contributed by atoms with Crippen LogP contribution in [-0.2, 0) is 11.2 Å². The fourth-order valence-electron chi connectivity index (χ4n) is 1.71. The van der Waals surface area contributed by atoms with Crippen LogP contribution in [0, 0.1) is 3.57 Å². The van der Waals surface area contributed by atoms with E-state index in [-0.39, 0.29) is 5.75 Å². The number of carbonyl (C=O) groups excluding carboxylic acids is 1. The highest BCUT2D eigenvalue weighted by molar-refractivity contribution is 14.1. The first-order valence-corrected chi connectivity index (χ1v) is 8.03. The van der Waals surface area contributed by atoms with Crippen molar-refractivity contribution in [2.75, 3.05) is 13.2 Å². The third-order valence-corrected chi connectivity index (χ3v) is 3.78. The summed E-state index contributed by atoms with van der Waals surface area (Å²) in [4.78, 5) is 11.6. The van der Waals surface area contributed by atoms with Gasteiger partial charge in [-0.15, -0.1) is 0 Å². The normalized spacial score (nSPS) is 10.9. The van der Waals surface area contributed by atoms with E-state index in [1.54, 1.807) is 18.2 Å². The lowest BCUT2D eigenvalue weighted by molar-refractivity contribution is 0.0528. The predicted octanol–water partition coefficient (Wildman–Crippen LogP) is 3.63. The molecule has 0 radical (unpaired) electrons. The maximum absolute atomic E-state index is 11.6. The Morgan fingerprint density at radius 1 is 1.45 bits per heavy atom. The zero-order valence-electron chi connectivity index (χ0n) is 13.1. The summed E-state index contributed by atoms with van der Waals surface area (Å²) >= 11 is 2.06. The molecule has 0 saturated heterocycles. The van der Waals surface area contributed by atoms with Crippen LogP contribution in [-0.4, -0.2) is 30.0 Å². The van der Waals surface area contributed by atoms with E-state index in [2.05, 4.69) is 34.5 Å². The standard InChI is InChI=1S/C16H22INO4/c1-5-10-21-13-7-6-12(19)14(17)11(13)8-9-18-15(20)22-16(2,3)4/h5-7,19H,1,8-10H2,2-4H3,(H,18,20). The molecule has 0 aliphatic heterocycles. The molecule has 2 N–H and O–H groups in total. The molecule has 122 valence electrons. The summed E-state index contributed by atoms with van der Waals surface area (Å²) in [6, 6.07) is 3.30. The van der Waals surface area contributed by atoms with Gasteiger partial charge in [0.25, 0.3) is 0 Å². The number of aromatic hydroxyl groups is 1. The SMILES string of the molecule is C=CCOc1ccc(O)c(I)c1CCNC(=O)OC(C)(C)C. The number of nitrogens with one attached hydrogen (secondary N) is 1. The average molecular weight is 419 g/mol. The minimum Gasteiger partial charge on any atom is -0.507 e. The lowest BCUT2D eigenvalue weighted by Gasteiger charge is -2.20. The van der Waals surface area contributed by atoms with E-state index < -0.39 is 11.7 Å². The highest BCUT2D eigenvalue weighted by atomic mass is 127. The van der Waals surface area contributed by atoms with Crippen LogP contribution in [0.25, 0.3) is 0 Å². The fourth-order valence-corrected chi connectivity index (χ4v) is 2.43. The summed E-state index contributed by atoms with van der Waals surface area (Å²) in [5.41, 5.74) is 0.320. The molecule has 0 aliphatic rings. The van der Waals surface area contributed by atoms with Crippen molar-refractivity contribution in [3.05, 3.63) is 33.9 Å². The first-order chi connectivity index (χ1) is 10.2. The first kappa shape index (κ1) is 18.6. The number of benzene rings is 1. The Labute approximate surface area is 144 Å². The summed E-state index contributed by atoms with van der Waals surface area (Å²) < 4.78 is 11.5. The number of hydrogen-bond donors (Lipinski definition) is 2. The number of phenols is 1. The second-order valence-corrected chi connectivity index (χ2v) is 6.73. The van der Waals surface area contributed by atoms with E-state index in [0.29, 0.717) is 28.9 Å². The molecule has 0 aromatic heterocycles. The van der Waals surface area contributed by atoms with Gasteiger partial charge in [-0.2, -0.15) is 0 Å². The van der Waals surface area contributed by atoms with E-state index >= 15 is 0 Å². The molecule has 1 aromatic carbocycles. The summed E-state index contributed by atoms with van der Waals surface area (Å²) in [7, 11) is 0. The molecule has 1 aromatic rings. The molecule has 0 spiro atoms. The van der Waals surface area contributed by atoms with Crippen LogP contribution >= 0.6 is 22.6 Å². The van der Waals surface area contributed by atoms with Gasteiger partial charge < -0.3 is 19.9 Å². The Bertz CT molecular complexity index is 538. The number of ether oxygens (including phenoxy) is 2. The van der Waals surface area contributed by atoms with Crippen LogP contribution < -0.4 is 10.1 Å². The van der Waals surface area contributed by atoms with Gasteiger partial charge in [-0.05, 0) is 61.9 Å². The minimum absolute atomic E-state index is 0.193. The van der Waals surface area contributed by atoms with Gasteiger partial charge in [-0.3, -0.25) is 0 Å². The summed E-state index contributed by atoms with van der Waals surface area (Å²) in [5, 5.41) is 12.5. The van der Waals surface area contributed by atoms with E-state index in [1.807, 2.05) is 20.8 Å². The average Bonchev–Trinajstić information content (AvgIpc) is 2.40. The van der Waals surface area contributed by atoms with Crippen molar-refractivity contribution in [2.24, 2.45) is 0 Å². The number of alkyl carbamates (subject to hydrolysis) is 1. The number of phenolic OH excluding ortho intramolecular Hbond substituents is 1. The molecule has 6 heteroatoms. The van der Waals surface area contributed by atoms with Crippen LogP contribution in [0.5, 0.6) is 11.5 Å². The Morgan fingerprint density at radius 2 is 2.14 bits per heavy atom. The van der Waals surface area contributed by atoms with Gasteiger partial charge in [0.1, 0.15) is 23.7 Å². The fraction of sp³-hybridized carbons (Fsp3) is 0.438. The van der Waals surface area contributed by atoms with Crippen LogP contribution in [0.15, 0.2) is 24.8 Å². The van der Waals surface area contributed by atoms with Crippen molar-refractivity contribution in [1.82, 2.24) is 5.32 Å². The van der Waals surface area contributed by atoms with Crippen molar-refractivity contribution in [2.45, 2.75) is 32.8 Å². The van der Waals surface area contributed by atoms with E-state index in [1.165, 1.54) is 0 Å². The molecule has 0 aliphatic carbocycles. The molecule has 0 saturated carbocycles. The molecular formula is C16H22INO4. The Balaban J connectivity index is 2.69. The van der Waals surface area contributed by atoms with Gasteiger partial charge in [-0.25, -0.2) is 4.79 Å². The zero-order chi connectivity index (χ0) is 16.8. The summed E-state index contributed by atoms with van der Waals surface area (Å²) in [6.07, 6.45) is 1.72. The molecule has 1 rings (SSSR count). The molecule has 1 amide bonds. The number of amides is 1. The molecular weight excluding hydrogens is 397 g/mol. The minimum atomic E-state index is -0.526. The largest absolute Gasteiger partial charge is 0.507 e. The summed E-state index contributed by atoms with van der Waals surface area (Å²) in [6.45, 7) is 9.82. The number of rotatable bonds is 6. The van der Waals surface area contributed by atoms with Gasteiger partial charge in [-0.1, -0.05) is 12.7 Å². The molecule has 22 heavy (non-hydrogen) atoms. The van der Waals surface area contributed by atoms with Crippen LogP contribution in [0.1, 0.15) is 26.3 Å². The lowest BCUT2D eigenvalue weighted by atomic mass is 10.1. The van der Waals surface area contributed by atoms with E-state index in [9.17, 15) is 9.90 Å². The van der Waals surface area contributed by atoms with Gasteiger partial charge in [0.05, 0.1) is 3.57 Å². The first-order valence-electron chi connectivity index (χ1n) is 6.95. The number of halogens is 1. The summed E-state index contributed by atoms with van der Waals surface area (Å²) in [5.74, 6) is 0.868. The van der Waals surface area contributed by atoms with Crippen molar-refractivity contribution >= 4 is 28.7 Å². The monoisotopic (exact) mass is 419 g/mol. The van der Waals surface area contributed by atoms with Crippen LogP contribution in [0.4, 0.5) is 4.79 Å². The molecule has 0 heterocycles. The van der Waals surface area contributed by atoms with Gasteiger partial charge in [0, 0.05) is 12.1 Å². The van der Waals surface area contributed by atoms with Gasteiger partial charge in [0.2, 0.25) is 0 Å². The second kappa shape index (κ2) is 8.26. The Kier molecular flexibility index (Phi) is 6.99. The number of carbonyl (C=O) groups is 1. The molecule has 0 unspecified atom stereocenters. The van der Waals surface area contributed by atoms with E-state index in [0.717, 1.165) is 5.56 Å². The Morgan fingerprint density at radius 3 is 2.73 bits per heavy atom. The quantitative estimate of drug-likeness (QED) is 0.546. The maximum atomic E-state index is 11.6. The molecule has 0 fully saturated rings. The maximum Gasteiger partial charge on any atom is 0.407 e. The highest BCUT2D eigenvalue weighted by Gasteiger charge is 2.17. The van der Waals surface area contributed by atoms with Crippen LogP contribution in [0.2, 0.25) is 0 Å². The highest BCUT2D eigenvalue weighted by Crippen LogP contribution is 2.31. The van der Waals surface area contributed by atoms with Crippen molar-refractivity contribution in [1.29, 1.82) is 0 Å². The van der Waals surface area contributed by atoms with E-state index in [4.69, 9.17) is 9.47 Å². The Hall–Kier alpha value is -1.44. The van der Waals surface area contributed by atoms with Crippen LogP contribution in [0.3, 0.4) is 0 Å². The van der Waals surface area contributed by atoms with Crippen molar-refractivity contribution in [3.63, 3.8) is 0 Å². The second-order valence-electron chi connectivity index (χ2n) is 5.65. The van der Waals surface area contributed by atoms with Crippen molar-refractivity contribution < 1.29 is 19.4 Å². The van der Waals surface area contributed by atoms with Crippen molar-refractivity contribution in [3.8, 4) is 11.5 Å². The molecule has 0 bridgehead atoms. The lowest BCUT2D eigenvalue weighted by Crippen LogP contribution is -2.33. The molecule has 5 nitrogen and oxygen atoms in total. The molecule has 0 atom stereocenters. The third-order valence-electron chi connectivity index (χ3n) is 2.58. The number of hydrogen-bond acceptors (Lipinski definition) is 4.